The normalized spacial score (nSPS) is 16.3. The van der Waals surface area contributed by atoms with Crippen molar-refractivity contribution in [2.75, 3.05) is 0 Å². The fourth-order valence-electron chi connectivity index (χ4n) is 1.07. The van der Waals surface area contributed by atoms with Gasteiger partial charge in [-0.15, -0.1) is 11.3 Å². The molecule has 0 spiro atoms. The number of nitrogens with one attached hydrogen (secondary N) is 1. The number of hydrogen-bond acceptors (Lipinski definition) is 5. The molecule has 0 atom stereocenters. The lowest BCUT2D eigenvalue weighted by atomic mass is 10.6. The van der Waals surface area contributed by atoms with Crippen LogP contribution in [0.15, 0.2) is 10.3 Å². The summed E-state index contributed by atoms with van der Waals surface area (Å²) in [5.41, 5.74) is -0.372. The van der Waals surface area contributed by atoms with E-state index in [1.165, 1.54) is 0 Å². The first-order chi connectivity index (χ1) is 7.40. The molecule has 1 aliphatic carbocycles. The van der Waals surface area contributed by atoms with Gasteiger partial charge in [-0.25, -0.2) is 13.1 Å². The van der Waals surface area contributed by atoms with E-state index in [0.717, 1.165) is 18.9 Å². The van der Waals surface area contributed by atoms with Gasteiger partial charge in [0, 0.05) is 12.1 Å². The average molecular weight is 283 g/mol. The van der Waals surface area contributed by atoms with Gasteiger partial charge in [0.15, 0.2) is 4.34 Å². The number of nitrogens with zero attached hydrogens (tertiary/aromatic N) is 1. The zero-order valence-electron chi connectivity index (χ0n) is 7.84. The van der Waals surface area contributed by atoms with Crippen LogP contribution in [0.1, 0.15) is 12.8 Å². The van der Waals surface area contributed by atoms with E-state index in [4.69, 9.17) is 11.6 Å². The van der Waals surface area contributed by atoms with Crippen LogP contribution < -0.4 is 4.72 Å². The largest absolute Gasteiger partial charge is 0.300 e. The Bertz CT molecular complexity index is 535. The second-order valence-electron chi connectivity index (χ2n) is 3.38. The number of halogens is 1. The van der Waals surface area contributed by atoms with Crippen molar-refractivity contribution in [2.45, 2.75) is 23.1 Å². The maximum Gasteiger partial charge on any atom is 0.300 e. The Morgan fingerprint density at radius 2 is 2.19 bits per heavy atom. The molecule has 2 rings (SSSR count). The molecule has 0 saturated heterocycles. The SMILES string of the molecule is O=[N+]([O-])c1cc(S(=O)(=O)NC2CC2)sc1Cl. The van der Waals surface area contributed by atoms with E-state index in [2.05, 4.69) is 4.72 Å². The van der Waals surface area contributed by atoms with E-state index < -0.39 is 14.9 Å². The molecule has 1 heterocycles. The lowest BCUT2D eigenvalue weighted by Crippen LogP contribution is -2.24. The summed E-state index contributed by atoms with van der Waals surface area (Å²) >= 11 is 6.28. The minimum absolute atomic E-state index is 0.0371. The minimum Gasteiger partial charge on any atom is -0.258 e. The standard InChI is InChI=1S/C7H7ClN2O4S2/c8-7-5(10(11)12)3-6(15-7)16(13,14)9-4-1-2-4/h3-4,9H,1-2H2. The van der Waals surface area contributed by atoms with Gasteiger partial charge in [0.25, 0.3) is 15.7 Å². The molecule has 16 heavy (non-hydrogen) atoms. The molecule has 0 bridgehead atoms. The zero-order valence-corrected chi connectivity index (χ0v) is 10.2. The van der Waals surface area contributed by atoms with Crippen LogP contribution in [0, 0.1) is 10.1 Å². The number of hydrogen-bond donors (Lipinski definition) is 1. The molecule has 0 unspecified atom stereocenters. The smallest absolute Gasteiger partial charge is 0.258 e. The summed E-state index contributed by atoms with van der Waals surface area (Å²) < 4.78 is 25.6. The minimum atomic E-state index is -3.65. The van der Waals surface area contributed by atoms with E-state index in [9.17, 15) is 18.5 Å². The molecule has 0 aliphatic heterocycles. The third-order valence-corrected chi connectivity index (χ3v) is 5.34. The van der Waals surface area contributed by atoms with Crippen LogP contribution in [0.4, 0.5) is 5.69 Å². The molecule has 1 aliphatic rings. The average Bonchev–Trinajstić information content (AvgIpc) is 2.84. The monoisotopic (exact) mass is 282 g/mol. The van der Waals surface area contributed by atoms with Gasteiger partial charge in [-0.3, -0.25) is 10.1 Å². The topological polar surface area (TPSA) is 89.3 Å². The summed E-state index contributed by atoms with van der Waals surface area (Å²) in [5, 5.41) is 10.5. The Balaban J connectivity index is 2.32. The molecule has 0 amide bonds. The van der Waals surface area contributed by atoms with Gasteiger partial charge in [-0.1, -0.05) is 11.6 Å². The van der Waals surface area contributed by atoms with Crippen LogP contribution in [0.25, 0.3) is 0 Å². The van der Waals surface area contributed by atoms with Gasteiger partial charge < -0.3 is 0 Å². The Kier molecular flexibility index (Phi) is 2.91. The second-order valence-corrected chi connectivity index (χ2v) is 6.97. The summed E-state index contributed by atoms with van der Waals surface area (Å²) in [6.07, 6.45) is 1.61. The van der Waals surface area contributed by atoms with Gasteiger partial charge in [0.1, 0.15) is 4.21 Å². The molecule has 88 valence electrons. The van der Waals surface area contributed by atoms with Crippen LogP contribution in [-0.2, 0) is 10.0 Å². The highest BCUT2D eigenvalue weighted by molar-refractivity contribution is 7.91. The zero-order chi connectivity index (χ0) is 11.9. The first kappa shape index (κ1) is 11.8. The van der Waals surface area contributed by atoms with Crippen molar-refractivity contribution in [1.29, 1.82) is 0 Å². The van der Waals surface area contributed by atoms with Gasteiger partial charge in [0.05, 0.1) is 4.92 Å². The summed E-state index contributed by atoms with van der Waals surface area (Å²) in [5.74, 6) is 0. The molecule has 0 radical (unpaired) electrons. The predicted octanol–water partition coefficient (Wildman–Crippen LogP) is 1.75. The van der Waals surface area contributed by atoms with Crippen LogP contribution in [0.5, 0.6) is 0 Å². The van der Waals surface area contributed by atoms with Gasteiger partial charge in [0.2, 0.25) is 0 Å². The van der Waals surface area contributed by atoms with Crippen molar-refractivity contribution in [3.05, 3.63) is 20.5 Å². The van der Waals surface area contributed by atoms with Crippen LogP contribution in [-0.4, -0.2) is 19.4 Å². The predicted molar refractivity (Wildman–Crippen MR) is 59.3 cm³/mol. The van der Waals surface area contributed by atoms with Crippen molar-refractivity contribution in [2.24, 2.45) is 0 Å². The maximum atomic E-state index is 11.7. The van der Waals surface area contributed by atoms with Crippen molar-refractivity contribution in [1.82, 2.24) is 4.72 Å². The van der Waals surface area contributed by atoms with E-state index in [1.54, 1.807) is 0 Å². The molecule has 1 saturated carbocycles. The molecule has 9 heteroatoms. The number of rotatable bonds is 4. The fourth-order valence-corrected chi connectivity index (χ4v) is 4.06. The van der Waals surface area contributed by atoms with Crippen molar-refractivity contribution in [3.8, 4) is 0 Å². The first-order valence-electron chi connectivity index (χ1n) is 4.36. The van der Waals surface area contributed by atoms with Crippen molar-refractivity contribution >= 4 is 38.6 Å². The Labute approximate surface area is 100 Å². The molecule has 1 aromatic rings. The van der Waals surface area contributed by atoms with Gasteiger partial charge in [-0.2, -0.15) is 0 Å². The molecule has 1 N–H and O–H groups in total. The summed E-state index contributed by atoms with van der Waals surface area (Å²) in [7, 11) is -3.65. The maximum absolute atomic E-state index is 11.7. The summed E-state index contributed by atoms with van der Waals surface area (Å²) in [4.78, 5) is 9.81. The molecular formula is C7H7ClN2O4S2. The van der Waals surface area contributed by atoms with Gasteiger partial charge in [-0.05, 0) is 12.8 Å². The van der Waals surface area contributed by atoms with Crippen LogP contribution >= 0.6 is 22.9 Å². The quantitative estimate of drug-likeness (QED) is 0.673. The first-order valence-corrected chi connectivity index (χ1v) is 7.04. The highest BCUT2D eigenvalue weighted by Crippen LogP contribution is 2.36. The lowest BCUT2D eigenvalue weighted by molar-refractivity contribution is -0.384. The molecular weight excluding hydrogens is 276 g/mol. The fraction of sp³-hybridized carbons (Fsp3) is 0.429. The molecule has 1 fully saturated rings. The van der Waals surface area contributed by atoms with E-state index >= 15 is 0 Å². The third-order valence-electron chi connectivity index (χ3n) is 2.01. The van der Waals surface area contributed by atoms with E-state index in [1.807, 2.05) is 0 Å². The molecule has 1 aromatic heterocycles. The van der Waals surface area contributed by atoms with Crippen molar-refractivity contribution in [3.63, 3.8) is 0 Å². The highest BCUT2D eigenvalue weighted by atomic mass is 35.5. The van der Waals surface area contributed by atoms with Crippen molar-refractivity contribution < 1.29 is 13.3 Å². The number of nitro groups is 1. The third kappa shape index (κ3) is 2.34. The Morgan fingerprint density at radius 3 is 2.62 bits per heavy atom. The Morgan fingerprint density at radius 1 is 1.56 bits per heavy atom. The molecule has 0 aromatic carbocycles. The summed E-state index contributed by atoms with van der Waals surface area (Å²) in [6.45, 7) is 0. The lowest BCUT2D eigenvalue weighted by Gasteiger charge is -2.00. The van der Waals surface area contributed by atoms with Crippen LogP contribution in [0.2, 0.25) is 4.34 Å². The van der Waals surface area contributed by atoms with Gasteiger partial charge >= 0.3 is 0 Å². The highest BCUT2D eigenvalue weighted by Gasteiger charge is 2.31. The second kappa shape index (κ2) is 3.95. The molecule has 6 nitrogen and oxygen atoms in total. The van der Waals surface area contributed by atoms with Crippen LogP contribution in [0.3, 0.4) is 0 Å². The number of sulfonamides is 1. The Hall–Kier alpha value is -0.700. The van der Waals surface area contributed by atoms with E-state index in [0.29, 0.717) is 11.3 Å². The van der Waals surface area contributed by atoms with E-state index in [-0.39, 0.29) is 20.3 Å². The summed E-state index contributed by atoms with van der Waals surface area (Å²) in [6, 6.07) is 0.947. The number of thiophene rings is 1.